The highest BCUT2D eigenvalue weighted by atomic mass is 15.2. The molecule has 1 aromatic heterocycles. The number of nitrogens with zero attached hydrogens (tertiary/aromatic N) is 3. The zero-order valence-electron chi connectivity index (χ0n) is 9.31. The zero-order chi connectivity index (χ0) is 10.8. The first-order valence-electron chi connectivity index (χ1n) is 5.14. The average Bonchev–Trinajstić information content (AvgIpc) is 2.70. The van der Waals surface area contributed by atoms with Gasteiger partial charge in [0.1, 0.15) is 12.7 Å². The summed E-state index contributed by atoms with van der Waals surface area (Å²) in [5, 5.41) is 7.65. The molecule has 0 unspecified atom stereocenters. The van der Waals surface area contributed by atoms with Crippen LogP contribution in [0.25, 0.3) is 5.69 Å². The van der Waals surface area contributed by atoms with Crippen LogP contribution in [0.2, 0.25) is 0 Å². The van der Waals surface area contributed by atoms with Gasteiger partial charge in [0, 0.05) is 0 Å². The lowest BCUT2D eigenvalue weighted by molar-refractivity contribution is 0.850. The van der Waals surface area contributed by atoms with Gasteiger partial charge in [-0.05, 0) is 30.0 Å². The van der Waals surface area contributed by atoms with E-state index in [2.05, 4.69) is 49.2 Å². The topological polar surface area (TPSA) is 30.7 Å². The predicted octanol–water partition coefficient (Wildman–Crippen LogP) is 2.70. The van der Waals surface area contributed by atoms with E-state index in [9.17, 15) is 0 Å². The Morgan fingerprint density at radius 3 is 2.40 bits per heavy atom. The Labute approximate surface area is 89.8 Å². The van der Waals surface area contributed by atoms with Crippen molar-refractivity contribution in [1.82, 2.24) is 14.8 Å². The summed E-state index contributed by atoms with van der Waals surface area (Å²) in [6.45, 7) is 6.56. The highest BCUT2D eigenvalue weighted by molar-refractivity contribution is 5.45. The van der Waals surface area contributed by atoms with Gasteiger partial charge >= 0.3 is 0 Å². The van der Waals surface area contributed by atoms with Crippen LogP contribution in [0.15, 0.2) is 30.9 Å². The summed E-state index contributed by atoms with van der Waals surface area (Å²) in [5.41, 5.74) is 3.83. The molecule has 0 saturated heterocycles. The smallest absolute Gasteiger partial charge is 0.123 e. The van der Waals surface area contributed by atoms with Gasteiger partial charge in [-0.3, -0.25) is 4.57 Å². The Morgan fingerprint density at radius 1 is 1.13 bits per heavy atom. The number of hydrogen-bond acceptors (Lipinski definition) is 2. The van der Waals surface area contributed by atoms with Crippen LogP contribution in [0.5, 0.6) is 0 Å². The van der Waals surface area contributed by atoms with E-state index in [0.29, 0.717) is 5.92 Å². The van der Waals surface area contributed by atoms with E-state index in [4.69, 9.17) is 0 Å². The van der Waals surface area contributed by atoms with Crippen molar-refractivity contribution < 1.29 is 0 Å². The summed E-state index contributed by atoms with van der Waals surface area (Å²) in [6.07, 6.45) is 3.46. The third-order valence-electron chi connectivity index (χ3n) is 2.67. The molecule has 0 aliphatic rings. The molecule has 0 bridgehead atoms. The average molecular weight is 201 g/mol. The van der Waals surface area contributed by atoms with Gasteiger partial charge in [-0.1, -0.05) is 26.0 Å². The van der Waals surface area contributed by atoms with Gasteiger partial charge in [0.2, 0.25) is 0 Å². The molecule has 78 valence electrons. The van der Waals surface area contributed by atoms with Gasteiger partial charge in [0.05, 0.1) is 5.69 Å². The lowest BCUT2D eigenvalue weighted by Crippen LogP contribution is -1.99. The van der Waals surface area contributed by atoms with E-state index in [1.807, 2.05) is 4.57 Å². The normalized spacial score (nSPS) is 10.9. The highest BCUT2D eigenvalue weighted by Crippen LogP contribution is 2.23. The fourth-order valence-corrected chi connectivity index (χ4v) is 1.87. The first kappa shape index (κ1) is 9.90. The summed E-state index contributed by atoms with van der Waals surface area (Å²) in [5.74, 6) is 0.543. The van der Waals surface area contributed by atoms with Crippen molar-refractivity contribution in [3.8, 4) is 5.69 Å². The number of rotatable bonds is 2. The van der Waals surface area contributed by atoms with Crippen molar-refractivity contribution in [1.29, 1.82) is 0 Å². The molecule has 2 rings (SSSR count). The maximum atomic E-state index is 3.83. The molecule has 1 heterocycles. The monoisotopic (exact) mass is 201 g/mol. The summed E-state index contributed by atoms with van der Waals surface area (Å²) in [4.78, 5) is 0. The van der Waals surface area contributed by atoms with Crippen molar-refractivity contribution in [3.05, 3.63) is 42.0 Å². The molecule has 1 aromatic carbocycles. The largest absolute Gasteiger partial charge is 0.288 e. The Morgan fingerprint density at radius 2 is 1.80 bits per heavy atom. The van der Waals surface area contributed by atoms with E-state index in [-0.39, 0.29) is 0 Å². The highest BCUT2D eigenvalue weighted by Gasteiger charge is 2.07. The minimum absolute atomic E-state index is 0.543. The molecule has 0 spiro atoms. The molecule has 0 saturated carbocycles. The van der Waals surface area contributed by atoms with Crippen LogP contribution in [0, 0.1) is 6.92 Å². The molecule has 0 aliphatic carbocycles. The van der Waals surface area contributed by atoms with Gasteiger partial charge in [-0.2, -0.15) is 0 Å². The van der Waals surface area contributed by atoms with Crippen LogP contribution in [-0.4, -0.2) is 14.8 Å². The van der Waals surface area contributed by atoms with E-state index in [0.717, 1.165) is 5.69 Å². The lowest BCUT2D eigenvalue weighted by atomic mass is 9.97. The maximum absolute atomic E-state index is 3.83. The minimum atomic E-state index is 0.543. The van der Waals surface area contributed by atoms with E-state index >= 15 is 0 Å². The first-order valence-corrected chi connectivity index (χ1v) is 5.14. The summed E-state index contributed by atoms with van der Waals surface area (Å²) >= 11 is 0. The van der Waals surface area contributed by atoms with Gasteiger partial charge < -0.3 is 0 Å². The molecule has 0 aliphatic heterocycles. The van der Waals surface area contributed by atoms with E-state index in [1.165, 1.54) is 11.1 Å². The fraction of sp³-hybridized carbons (Fsp3) is 0.333. The van der Waals surface area contributed by atoms with E-state index < -0.39 is 0 Å². The summed E-state index contributed by atoms with van der Waals surface area (Å²) in [7, 11) is 0. The van der Waals surface area contributed by atoms with Crippen LogP contribution in [0.1, 0.15) is 30.9 Å². The van der Waals surface area contributed by atoms with Crippen molar-refractivity contribution in [2.45, 2.75) is 26.7 Å². The third kappa shape index (κ3) is 1.77. The second-order valence-electron chi connectivity index (χ2n) is 4.02. The molecule has 0 atom stereocenters. The molecule has 0 fully saturated rings. The quantitative estimate of drug-likeness (QED) is 0.748. The molecular weight excluding hydrogens is 186 g/mol. The van der Waals surface area contributed by atoms with Crippen LogP contribution in [0.4, 0.5) is 0 Å². The van der Waals surface area contributed by atoms with Crippen molar-refractivity contribution in [2.24, 2.45) is 0 Å². The molecule has 3 nitrogen and oxygen atoms in total. The van der Waals surface area contributed by atoms with Crippen molar-refractivity contribution in [2.75, 3.05) is 0 Å². The van der Waals surface area contributed by atoms with Crippen LogP contribution >= 0.6 is 0 Å². The zero-order valence-corrected chi connectivity index (χ0v) is 9.31. The van der Waals surface area contributed by atoms with Crippen molar-refractivity contribution in [3.63, 3.8) is 0 Å². The standard InChI is InChI=1S/C12H15N3/c1-9(2)11-5-4-6-12(10(11)3)15-7-13-14-8-15/h4-9H,1-3H3. The molecule has 0 radical (unpaired) electrons. The minimum Gasteiger partial charge on any atom is -0.288 e. The van der Waals surface area contributed by atoms with Gasteiger partial charge in [0.25, 0.3) is 0 Å². The van der Waals surface area contributed by atoms with Crippen molar-refractivity contribution >= 4 is 0 Å². The van der Waals surface area contributed by atoms with Gasteiger partial charge in [-0.25, -0.2) is 0 Å². The second-order valence-corrected chi connectivity index (χ2v) is 4.02. The fourth-order valence-electron chi connectivity index (χ4n) is 1.87. The van der Waals surface area contributed by atoms with Gasteiger partial charge in [-0.15, -0.1) is 10.2 Å². The van der Waals surface area contributed by atoms with Crippen LogP contribution < -0.4 is 0 Å². The van der Waals surface area contributed by atoms with Gasteiger partial charge in [0.15, 0.2) is 0 Å². The van der Waals surface area contributed by atoms with E-state index in [1.54, 1.807) is 12.7 Å². The first-order chi connectivity index (χ1) is 7.20. The summed E-state index contributed by atoms with van der Waals surface area (Å²) in [6, 6.07) is 6.34. The Kier molecular flexibility index (Phi) is 2.54. The molecule has 3 heteroatoms. The Balaban J connectivity index is 2.54. The summed E-state index contributed by atoms with van der Waals surface area (Å²) < 4.78 is 1.95. The lowest BCUT2D eigenvalue weighted by Gasteiger charge is -2.13. The molecule has 0 amide bonds. The number of benzene rings is 1. The second kappa shape index (κ2) is 3.85. The molecule has 15 heavy (non-hydrogen) atoms. The molecular formula is C12H15N3. The predicted molar refractivity (Wildman–Crippen MR) is 60.2 cm³/mol. The van der Waals surface area contributed by atoms with Crippen LogP contribution in [-0.2, 0) is 0 Å². The van der Waals surface area contributed by atoms with Crippen LogP contribution in [0.3, 0.4) is 0 Å². The Bertz CT molecular complexity index is 444. The molecule has 2 aromatic rings. The SMILES string of the molecule is Cc1c(C(C)C)cccc1-n1cnnc1. The number of hydrogen-bond donors (Lipinski definition) is 0. The molecule has 0 N–H and O–H groups in total. The Hall–Kier alpha value is -1.64. The maximum Gasteiger partial charge on any atom is 0.123 e. The number of aromatic nitrogens is 3. The third-order valence-corrected chi connectivity index (χ3v) is 2.67.